The van der Waals surface area contributed by atoms with Crippen molar-refractivity contribution in [2.24, 2.45) is 0 Å². The van der Waals surface area contributed by atoms with Gasteiger partial charge in [-0.2, -0.15) is 8.42 Å². The van der Waals surface area contributed by atoms with Gasteiger partial charge in [0, 0.05) is 5.02 Å². The summed E-state index contributed by atoms with van der Waals surface area (Å²) in [4.78, 5) is 38.5. The molecule has 35 heavy (non-hydrogen) atoms. The van der Waals surface area contributed by atoms with Crippen LogP contribution in [0.5, 0.6) is 5.75 Å². The van der Waals surface area contributed by atoms with Crippen LogP contribution >= 0.6 is 43.5 Å². The highest BCUT2D eigenvalue weighted by atomic mass is 79.9. The van der Waals surface area contributed by atoms with E-state index < -0.39 is 28.0 Å². The average molecular weight is 641 g/mol. The maximum absolute atomic E-state index is 13.0. The van der Waals surface area contributed by atoms with Gasteiger partial charge in [-0.25, -0.2) is 9.69 Å². The minimum atomic E-state index is -4.17. The lowest BCUT2D eigenvalue weighted by atomic mass is 10.1. The zero-order valence-corrected chi connectivity index (χ0v) is 22.1. The van der Waals surface area contributed by atoms with E-state index in [1.54, 1.807) is 30.3 Å². The van der Waals surface area contributed by atoms with E-state index in [0.29, 0.717) is 16.3 Å². The number of carbonyl (C=O) groups excluding carboxylic acids is 3. The van der Waals surface area contributed by atoms with Crippen LogP contribution in [0.15, 0.2) is 86.1 Å². The smallest absolute Gasteiger partial charge is 0.339 e. The molecule has 0 radical (unpaired) electrons. The van der Waals surface area contributed by atoms with Crippen molar-refractivity contribution < 1.29 is 27.0 Å². The van der Waals surface area contributed by atoms with Crippen molar-refractivity contribution >= 4 is 83.2 Å². The average Bonchev–Trinajstić information content (AvgIpc) is 2.80. The molecule has 0 bridgehead atoms. The molecule has 0 atom stereocenters. The van der Waals surface area contributed by atoms with E-state index in [-0.39, 0.29) is 25.2 Å². The number of hydrogen-bond donors (Lipinski definition) is 1. The summed E-state index contributed by atoms with van der Waals surface area (Å²) in [6, 6.07) is 15.7. The first kappa shape index (κ1) is 25.1. The summed E-state index contributed by atoms with van der Waals surface area (Å²) in [6.07, 6.45) is 1.28. The van der Waals surface area contributed by atoms with Crippen LogP contribution in [0.2, 0.25) is 5.02 Å². The van der Waals surface area contributed by atoms with Crippen molar-refractivity contribution in [3.63, 3.8) is 0 Å². The Balaban J connectivity index is 1.66. The Morgan fingerprint density at radius 1 is 0.914 bits per heavy atom. The number of barbiturate groups is 1. The van der Waals surface area contributed by atoms with Crippen LogP contribution < -0.4 is 14.4 Å². The third-order valence-electron chi connectivity index (χ3n) is 4.74. The largest absolute Gasteiger partial charge is 0.377 e. The maximum atomic E-state index is 13.0. The first-order valence-electron chi connectivity index (χ1n) is 9.72. The molecule has 4 rings (SSSR count). The Bertz CT molecular complexity index is 1470. The predicted molar refractivity (Wildman–Crippen MR) is 137 cm³/mol. The van der Waals surface area contributed by atoms with Gasteiger partial charge in [0.15, 0.2) is 5.75 Å². The second-order valence-electron chi connectivity index (χ2n) is 7.10. The minimum Gasteiger partial charge on any atom is -0.377 e. The van der Waals surface area contributed by atoms with E-state index in [9.17, 15) is 22.8 Å². The molecule has 0 aliphatic carbocycles. The van der Waals surface area contributed by atoms with Crippen LogP contribution in [-0.2, 0) is 19.7 Å². The van der Waals surface area contributed by atoms with Crippen LogP contribution in [0.25, 0.3) is 6.08 Å². The number of halogens is 3. The van der Waals surface area contributed by atoms with Gasteiger partial charge in [-0.1, -0.05) is 29.8 Å². The first-order valence-corrected chi connectivity index (χ1v) is 13.1. The third-order valence-corrected chi connectivity index (χ3v) is 7.41. The molecule has 178 valence electrons. The van der Waals surface area contributed by atoms with Gasteiger partial charge < -0.3 is 4.18 Å². The second-order valence-corrected chi connectivity index (χ2v) is 10.8. The van der Waals surface area contributed by atoms with Crippen LogP contribution in [-0.4, -0.2) is 26.3 Å². The van der Waals surface area contributed by atoms with Crippen molar-refractivity contribution in [3.05, 3.63) is 91.8 Å². The fraction of sp³-hybridized carbons (Fsp3) is 0. The number of imide groups is 2. The Morgan fingerprint density at radius 3 is 2.11 bits per heavy atom. The summed E-state index contributed by atoms with van der Waals surface area (Å²) >= 11 is 12.3. The lowest BCUT2D eigenvalue weighted by Gasteiger charge is -2.26. The fourth-order valence-corrected chi connectivity index (χ4v) is 5.83. The van der Waals surface area contributed by atoms with E-state index in [2.05, 4.69) is 37.2 Å². The van der Waals surface area contributed by atoms with Crippen molar-refractivity contribution in [1.82, 2.24) is 5.32 Å². The van der Waals surface area contributed by atoms with Gasteiger partial charge >= 0.3 is 16.1 Å². The zero-order chi connectivity index (χ0) is 25.3. The van der Waals surface area contributed by atoms with Crippen molar-refractivity contribution in [1.29, 1.82) is 0 Å². The standard InChI is InChI=1S/C23H13Br2ClN2O6S/c24-18-11-13(12-19(25)20(18)34-35(32,33)16-8-6-14(26)7-9-16)10-17-21(29)27-23(31)28(22(17)30)15-4-2-1-3-5-15/h1-12H,(H,27,29,31)/b17-10+. The Kier molecular flexibility index (Phi) is 7.13. The number of rotatable bonds is 5. The topological polar surface area (TPSA) is 110 Å². The first-order chi connectivity index (χ1) is 16.6. The quantitative estimate of drug-likeness (QED) is 0.230. The molecular formula is C23H13Br2ClN2O6S. The highest BCUT2D eigenvalue weighted by Gasteiger charge is 2.36. The minimum absolute atomic E-state index is 0.0392. The molecule has 3 aromatic carbocycles. The molecule has 12 heteroatoms. The molecule has 3 aromatic rings. The molecular weight excluding hydrogens is 628 g/mol. The van der Waals surface area contributed by atoms with Gasteiger partial charge in [-0.05, 0) is 92.0 Å². The molecule has 0 aromatic heterocycles. The zero-order valence-electron chi connectivity index (χ0n) is 17.4. The predicted octanol–water partition coefficient (Wildman–Crippen LogP) is 5.30. The van der Waals surface area contributed by atoms with Gasteiger partial charge in [0.25, 0.3) is 11.8 Å². The highest BCUT2D eigenvalue weighted by molar-refractivity contribution is 9.11. The number of para-hydroxylation sites is 1. The molecule has 0 spiro atoms. The van der Waals surface area contributed by atoms with Gasteiger partial charge in [0.2, 0.25) is 0 Å². The van der Waals surface area contributed by atoms with Gasteiger partial charge in [-0.15, -0.1) is 0 Å². The Morgan fingerprint density at radius 2 is 1.51 bits per heavy atom. The van der Waals surface area contributed by atoms with Crippen LogP contribution in [0.3, 0.4) is 0 Å². The van der Waals surface area contributed by atoms with E-state index in [1.165, 1.54) is 42.5 Å². The maximum Gasteiger partial charge on any atom is 0.339 e. The molecule has 0 saturated carbocycles. The fourth-order valence-electron chi connectivity index (χ4n) is 3.14. The summed E-state index contributed by atoms with van der Waals surface area (Å²) in [5, 5.41) is 2.52. The lowest BCUT2D eigenvalue weighted by molar-refractivity contribution is -0.122. The Hall–Kier alpha value is -2.99. The monoisotopic (exact) mass is 638 g/mol. The number of nitrogens with one attached hydrogen (secondary N) is 1. The van der Waals surface area contributed by atoms with E-state index >= 15 is 0 Å². The van der Waals surface area contributed by atoms with Crippen molar-refractivity contribution in [2.45, 2.75) is 4.90 Å². The molecule has 1 heterocycles. The number of urea groups is 1. The highest BCUT2D eigenvalue weighted by Crippen LogP contribution is 2.37. The van der Waals surface area contributed by atoms with E-state index in [0.717, 1.165) is 4.90 Å². The van der Waals surface area contributed by atoms with Gasteiger partial charge in [-0.3, -0.25) is 14.9 Å². The summed E-state index contributed by atoms with van der Waals surface area (Å²) in [7, 11) is -4.17. The number of hydrogen-bond acceptors (Lipinski definition) is 6. The van der Waals surface area contributed by atoms with Gasteiger partial charge in [0.05, 0.1) is 14.6 Å². The van der Waals surface area contributed by atoms with E-state index in [1.807, 2.05) is 0 Å². The molecule has 1 N–H and O–H groups in total. The lowest BCUT2D eigenvalue weighted by Crippen LogP contribution is -2.54. The summed E-state index contributed by atoms with van der Waals surface area (Å²) in [5.41, 5.74) is 0.377. The number of nitrogens with zero attached hydrogens (tertiary/aromatic N) is 1. The molecule has 8 nitrogen and oxygen atoms in total. The van der Waals surface area contributed by atoms with Crippen molar-refractivity contribution in [2.75, 3.05) is 4.90 Å². The molecule has 1 fully saturated rings. The number of anilines is 1. The van der Waals surface area contributed by atoms with Crippen LogP contribution in [0, 0.1) is 0 Å². The normalized spacial score (nSPS) is 15.3. The summed E-state index contributed by atoms with van der Waals surface area (Å²) in [6.45, 7) is 0. The SMILES string of the molecule is O=C1NC(=O)N(c2ccccc2)C(=O)/C1=C/c1cc(Br)c(OS(=O)(=O)c2ccc(Cl)cc2)c(Br)c1. The van der Waals surface area contributed by atoms with Crippen LogP contribution in [0.4, 0.5) is 10.5 Å². The number of benzene rings is 3. The van der Waals surface area contributed by atoms with E-state index in [4.69, 9.17) is 15.8 Å². The molecule has 1 saturated heterocycles. The third kappa shape index (κ3) is 5.32. The molecule has 1 aliphatic heterocycles. The second kappa shape index (κ2) is 9.94. The Labute approximate surface area is 221 Å². The van der Waals surface area contributed by atoms with Gasteiger partial charge in [0.1, 0.15) is 10.5 Å². The number of amides is 4. The number of carbonyl (C=O) groups is 3. The molecule has 0 unspecified atom stereocenters. The summed E-state index contributed by atoms with van der Waals surface area (Å²) in [5.74, 6) is -1.70. The van der Waals surface area contributed by atoms with Crippen molar-refractivity contribution in [3.8, 4) is 5.75 Å². The van der Waals surface area contributed by atoms with Crippen LogP contribution in [0.1, 0.15) is 5.56 Å². The summed E-state index contributed by atoms with van der Waals surface area (Å²) < 4.78 is 31.1. The molecule has 4 amide bonds. The molecule has 1 aliphatic rings.